The second-order valence-corrected chi connectivity index (χ2v) is 4.46. The summed E-state index contributed by atoms with van der Waals surface area (Å²) in [5.74, 6) is -0.110. The van der Waals surface area contributed by atoms with Crippen LogP contribution in [0.5, 0.6) is 5.75 Å². The molecule has 2 aromatic carbocycles. The number of rotatable bonds is 5. The molecule has 104 valence electrons. The number of hydrogen-bond acceptors (Lipinski definition) is 4. The molecule has 4 heteroatoms. The van der Waals surface area contributed by atoms with Gasteiger partial charge in [0.2, 0.25) is 0 Å². The highest BCUT2D eigenvalue weighted by molar-refractivity contribution is 5.79. The van der Waals surface area contributed by atoms with Crippen LogP contribution in [0.1, 0.15) is 5.56 Å². The molecule has 0 spiro atoms. The number of phenolic OH excluding ortho intramolecular Hbond substituents is 1. The van der Waals surface area contributed by atoms with Crippen molar-refractivity contribution in [1.29, 1.82) is 0 Å². The van der Waals surface area contributed by atoms with Crippen LogP contribution in [0.25, 0.3) is 0 Å². The van der Waals surface area contributed by atoms with Crippen molar-refractivity contribution in [3.05, 3.63) is 60.2 Å². The van der Waals surface area contributed by atoms with Gasteiger partial charge in [-0.05, 0) is 29.8 Å². The molecule has 0 saturated carbocycles. The van der Waals surface area contributed by atoms with Gasteiger partial charge >= 0.3 is 5.97 Å². The third kappa shape index (κ3) is 3.75. The summed E-state index contributed by atoms with van der Waals surface area (Å²) in [6, 6.07) is 15.8. The maximum absolute atomic E-state index is 11.9. The maximum atomic E-state index is 11.9. The number of methoxy groups -OCH3 is 1. The van der Waals surface area contributed by atoms with Crippen molar-refractivity contribution in [2.75, 3.05) is 12.4 Å². The van der Waals surface area contributed by atoms with E-state index in [0.717, 1.165) is 11.3 Å². The molecular formula is C16H17NO3. The van der Waals surface area contributed by atoms with E-state index < -0.39 is 6.04 Å². The topological polar surface area (TPSA) is 58.6 Å². The molecule has 4 nitrogen and oxygen atoms in total. The van der Waals surface area contributed by atoms with Crippen LogP contribution in [0.3, 0.4) is 0 Å². The lowest BCUT2D eigenvalue weighted by Crippen LogP contribution is -2.32. The lowest BCUT2D eigenvalue weighted by atomic mass is 10.1. The molecule has 20 heavy (non-hydrogen) atoms. The Labute approximate surface area is 118 Å². The van der Waals surface area contributed by atoms with E-state index in [-0.39, 0.29) is 11.7 Å². The number of esters is 1. The first-order chi connectivity index (χ1) is 9.69. The van der Waals surface area contributed by atoms with Crippen LogP contribution in [-0.2, 0) is 16.0 Å². The Morgan fingerprint density at radius 3 is 2.40 bits per heavy atom. The molecule has 2 aromatic rings. The number of ether oxygens (including phenoxy) is 1. The van der Waals surface area contributed by atoms with Crippen LogP contribution in [0.15, 0.2) is 54.6 Å². The summed E-state index contributed by atoms with van der Waals surface area (Å²) in [5.41, 5.74) is 1.81. The summed E-state index contributed by atoms with van der Waals surface area (Å²) in [7, 11) is 1.37. The van der Waals surface area contributed by atoms with Gasteiger partial charge in [0.15, 0.2) is 0 Å². The van der Waals surface area contributed by atoms with Crippen molar-refractivity contribution in [1.82, 2.24) is 0 Å². The molecule has 0 unspecified atom stereocenters. The van der Waals surface area contributed by atoms with Gasteiger partial charge in [0.1, 0.15) is 11.8 Å². The van der Waals surface area contributed by atoms with Crippen LogP contribution in [-0.4, -0.2) is 24.2 Å². The summed E-state index contributed by atoms with van der Waals surface area (Å²) in [4.78, 5) is 11.9. The first-order valence-electron chi connectivity index (χ1n) is 6.36. The molecule has 0 bridgehead atoms. The van der Waals surface area contributed by atoms with Gasteiger partial charge in [-0.3, -0.25) is 0 Å². The molecule has 0 aliphatic heterocycles. The molecular weight excluding hydrogens is 254 g/mol. The van der Waals surface area contributed by atoms with Crippen molar-refractivity contribution in [2.45, 2.75) is 12.5 Å². The molecule has 0 aliphatic carbocycles. The van der Waals surface area contributed by atoms with Crippen molar-refractivity contribution in [3.8, 4) is 5.75 Å². The third-order valence-electron chi connectivity index (χ3n) is 2.98. The van der Waals surface area contributed by atoms with Gasteiger partial charge in [0.05, 0.1) is 7.11 Å². The predicted molar refractivity (Wildman–Crippen MR) is 77.7 cm³/mol. The van der Waals surface area contributed by atoms with Gasteiger partial charge in [0, 0.05) is 12.1 Å². The summed E-state index contributed by atoms with van der Waals surface area (Å²) in [6.07, 6.45) is 0.488. The summed E-state index contributed by atoms with van der Waals surface area (Å²) in [5, 5.41) is 12.4. The van der Waals surface area contributed by atoms with E-state index in [2.05, 4.69) is 5.32 Å². The summed E-state index contributed by atoms with van der Waals surface area (Å²) >= 11 is 0. The minimum Gasteiger partial charge on any atom is -0.508 e. The van der Waals surface area contributed by atoms with E-state index in [1.54, 1.807) is 24.3 Å². The number of aromatic hydroxyl groups is 1. The van der Waals surface area contributed by atoms with E-state index in [9.17, 15) is 9.90 Å². The molecule has 0 amide bonds. The van der Waals surface area contributed by atoms with Gasteiger partial charge in [-0.1, -0.05) is 30.3 Å². The van der Waals surface area contributed by atoms with Crippen LogP contribution in [0.4, 0.5) is 5.69 Å². The number of hydrogen-bond donors (Lipinski definition) is 2. The smallest absolute Gasteiger partial charge is 0.328 e. The fraction of sp³-hybridized carbons (Fsp3) is 0.188. The van der Waals surface area contributed by atoms with Gasteiger partial charge < -0.3 is 15.2 Å². The zero-order chi connectivity index (χ0) is 14.4. The molecule has 0 radical (unpaired) electrons. The first kappa shape index (κ1) is 13.9. The van der Waals surface area contributed by atoms with Crippen LogP contribution < -0.4 is 5.32 Å². The van der Waals surface area contributed by atoms with E-state index in [4.69, 9.17) is 4.74 Å². The SMILES string of the molecule is COC(=O)[C@H](Cc1ccc(O)cc1)Nc1ccccc1. The predicted octanol–water partition coefficient (Wildman–Crippen LogP) is 2.59. The molecule has 0 aromatic heterocycles. The Bertz CT molecular complexity index is 552. The van der Waals surface area contributed by atoms with E-state index in [1.807, 2.05) is 30.3 Å². The minimum atomic E-state index is -0.466. The Morgan fingerprint density at radius 1 is 1.15 bits per heavy atom. The van der Waals surface area contributed by atoms with E-state index >= 15 is 0 Å². The van der Waals surface area contributed by atoms with Crippen LogP contribution in [0.2, 0.25) is 0 Å². The van der Waals surface area contributed by atoms with Crippen LogP contribution >= 0.6 is 0 Å². The largest absolute Gasteiger partial charge is 0.508 e. The molecule has 2 rings (SSSR count). The average molecular weight is 271 g/mol. The number of para-hydroxylation sites is 1. The normalized spacial score (nSPS) is 11.7. The Hall–Kier alpha value is -2.49. The Balaban J connectivity index is 2.11. The Kier molecular flexibility index (Phi) is 4.60. The van der Waals surface area contributed by atoms with Crippen molar-refractivity contribution in [2.24, 2.45) is 0 Å². The second-order valence-electron chi connectivity index (χ2n) is 4.46. The van der Waals surface area contributed by atoms with Gasteiger partial charge in [-0.2, -0.15) is 0 Å². The Morgan fingerprint density at radius 2 is 1.80 bits per heavy atom. The van der Waals surface area contributed by atoms with Gasteiger partial charge in [-0.25, -0.2) is 4.79 Å². The van der Waals surface area contributed by atoms with Crippen molar-refractivity contribution < 1.29 is 14.6 Å². The van der Waals surface area contributed by atoms with Crippen molar-refractivity contribution >= 4 is 11.7 Å². The number of nitrogens with one attached hydrogen (secondary N) is 1. The number of anilines is 1. The third-order valence-corrected chi connectivity index (χ3v) is 2.98. The minimum absolute atomic E-state index is 0.208. The number of carbonyl (C=O) groups is 1. The highest BCUT2D eigenvalue weighted by Crippen LogP contribution is 2.15. The van der Waals surface area contributed by atoms with Crippen LogP contribution in [0, 0.1) is 0 Å². The average Bonchev–Trinajstić information content (AvgIpc) is 2.49. The molecule has 1 atom stereocenters. The lowest BCUT2D eigenvalue weighted by molar-refractivity contribution is -0.141. The summed E-state index contributed by atoms with van der Waals surface area (Å²) < 4.78 is 4.83. The van der Waals surface area contributed by atoms with E-state index in [1.165, 1.54) is 7.11 Å². The fourth-order valence-electron chi connectivity index (χ4n) is 1.94. The number of phenols is 1. The lowest BCUT2D eigenvalue weighted by Gasteiger charge is -2.17. The molecule has 0 fully saturated rings. The molecule has 0 heterocycles. The fourth-order valence-corrected chi connectivity index (χ4v) is 1.94. The molecule has 0 aliphatic rings. The first-order valence-corrected chi connectivity index (χ1v) is 6.36. The highest BCUT2D eigenvalue weighted by Gasteiger charge is 2.19. The standard InChI is InChI=1S/C16H17NO3/c1-20-16(19)15(17-13-5-3-2-4-6-13)11-12-7-9-14(18)10-8-12/h2-10,15,17-18H,11H2,1H3/t15-/m0/s1. The van der Waals surface area contributed by atoms with Gasteiger partial charge in [0.25, 0.3) is 0 Å². The quantitative estimate of drug-likeness (QED) is 0.821. The maximum Gasteiger partial charge on any atom is 0.328 e. The zero-order valence-electron chi connectivity index (χ0n) is 11.2. The molecule has 0 saturated heterocycles. The van der Waals surface area contributed by atoms with E-state index in [0.29, 0.717) is 6.42 Å². The number of benzene rings is 2. The molecule has 2 N–H and O–H groups in total. The second kappa shape index (κ2) is 6.61. The monoisotopic (exact) mass is 271 g/mol. The van der Waals surface area contributed by atoms with Crippen molar-refractivity contribution in [3.63, 3.8) is 0 Å². The highest BCUT2D eigenvalue weighted by atomic mass is 16.5. The number of carbonyl (C=O) groups excluding carboxylic acids is 1. The summed E-state index contributed by atoms with van der Waals surface area (Å²) in [6.45, 7) is 0. The van der Waals surface area contributed by atoms with Gasteiger partial charge in [-0.15, -0.1) is 0 Å². The zero-order valence-corrected chi connectivity index (χ0v) is 11.2.